The van der Waals surface area contributed by atoms with Crippen LogP contribution in [0.15, 0.2) is 12.2 Å². The second-order valence-electron chi connectivity index (χ2n) is 7.33. The van der Waals surface area contributed by atoms with Crippen molar-refractivity contribution in [2.75, 3.05) is 19.8 Å². The molecular weight excluding hydrogens is 408 g/mol. The van der Waals surface area contributed by atoms with Gasteiger partial charge in [-0.25, -0.2) is 4.79 Å². The summed E-state index contributed by atoms with van der Waals surface area (Å²) in [6.45, 7) is 7.64. The number of ether oxygens (including phenoxy) is 5. The second-order valence-corrected chi connectivity index (χ2v) is 7.33. The Morgan fingerprint density at radius 3 is 2.13 bits per heavy atom. The summed E-state index contributed by atoms with van der Waals surface area (Å²) in [6, 6.07) is 0. The van der Waals surface area contributed by atoms with E-state index in [0.717, 1.165) is 0 Å². The fraction of sp³-hybridized carbons (Fsp3) is 0.727. The third kappa shape index (κ3) is 12.8. The van der Waals surface area contributed by atoms with Crippen molar-refractivity contribution in [3.05, 3.63) is 12.2 Å². The molecule has 176 valence electrons. The molecule has 1 rings (SSSR count). The lowest BCUT2D eigenvalue weighted by Crippen LogP contribution is -2.35. The molecule has 0 amide bonds. The van der Waals surface area contributed by atoms with Crippen LogP contribution in [-0.2, 0) is 42.9 Å². The maximum Gasteiger partial charge on any atom is 0.333 e. The lowest BCUT2D eigenvalue weighted by atomic mass is 10.1. The van der Waals surface area contributed by atoms with Gasteiger partial charge in [0.05, 0.1) is 19.8 Å². The van der Waals surface area contributed by atoms with E-state index >= 15 is 0 Å². The zero-order valence-corrected chi connectivity index (χ0v) is 18.5. The summed E-state index contributed by atoms with van der Waals surface area (Å²) >= 11 is 0. The van der Waals surface area contributed by atoms with Gasteiger partial charge >= 0.3 is 23.9 Å². The summed E-state index contributed by atoms with van der Waals surface area (Å²) in [5.41, 5.74) is 0.340. The van der Waals surface area contributed by atoms with E-state index in [9.17, 15) is 19.2 Å². The van der Waals surface area contributed by atoms with E-state index in [4.69, 9.17) is 23.7 Å². The van der Waals surface area contributed by atoms with Crippen LogP contribution in [0, 0.1) is 0 Å². The molecule has 0 saturated carbocycles. The fourth-order valence-electron chi connectivity index (χ4n) is 2.69. The topological polar surface area (TPSA) is 114 Å². The summed E-state index contributed by atoms with van der Waals surface area (Å²) in [5, 5.41) is 0. The molecule has 0 N–H and O–H groups in total. The highest BCUT2D eigenvalue weighted by molar-refractivity contribution is 5.86. The van der Waals surface area contributed by atoms with Gasteiger partial charge in [-0.2, -0.15) is 0 Å². The molecule has 9 heteroatoms. The first-order chi connectivity index (χ1) is 14.8. The lowest BCUT2D eigenvalue weighted by Gasteiger charge is -2.28. The van der Waals surface area contributed by atoms with Gasteiger partial charge in [-0.15, -0.1) is 0 Å². The van der Waals surface area contributed by atoms with Crippen molar-refractivity contribution >= 4 is 23.9 Å². The SMILES string of the molecule is C=C(C)C(=O)OCCCCC(=O)O[C@H]1CCOC(OC(=O)CCCCOC(=O)CC)C1. The number of carbonyl (C=O) groups is 4. The molecule has 9 nitrogen and oxygen atoms in total. The number of rotatable bonds is 14. The van der Waals surface area contributed by atoms with Crippen LogP contribution >= 0.6 is 0 Å². The minimum atomic E-state index is -0.737. The van der Waals surface area contributed by atoms with Crippen molar-refractivity contribution < 1.29 is 42.9 Å². The fourth-order valence-corrected chi connectivity index (χ4v) is 2.69. The van der Waals surface area contributed by atoms with Crippen molar-refractivity contribution in [3.8, 4) is 0 Å². The van der Waals surface area contributed by atoms with Crippen molar-refractivity contribution in [1.82, 2.24) is 0 Å². The third-order valence-electron chi connectivity index (χ3n) is 4.44. The van der Waals surface area contributed by atoms with Crippen molar-refractivity contribution in [2.45, 2.75) is 84.0 Å². The Balaban J connectivity index is 2.15. The Kier molecular flexibility index (Phi) is 13.2. The quantitative estimate of drug-likeness (QED) is 0.173. The van der Waals surface area contributed by atoms with Crippen molar-refractivity contribution in [2.24, 2.45) is 0 Å². The number of hydrogen-bond acceptors (Lipinski definition) is 9. The molecular formula is C22H34O9. The summed E-state index contributed by atoms with van der Waals surface area (Å²) in [6.07, 6.45) is 2.70. The highest BCUT2D eigenvalue weighted by Crippen LogP contribution is 2.19. The average molecular weight is 443 g/mol. The molecule has 1 unspecified atom stereocenters. The Hall–Kier alpha value is -2.42. The molecule has 0 radical (unpaired) electrons. The number of carbonyl (C=O) groups excluding carboxylic acids is 4. The molecule has 0 bridgehead atoms. The minimum absolute atomic E-state index is 0.198. The van der Waals surface area contributed by atoms with E-state index in [-0.39, 0.29) is 44.1 Å². The van der Waals surface area contributed by atoms with Gasteiger partial charge in [-0.05, 0) is 32.6 Å². The molecule has 0 aliphatic carbocycles. The Morgan fingerprint density at radius 2 is 1.52 bits per heavy atom. The normalized spacial score (nSPS) is 18.0. The van der Waals surface area contributed by atoms with Gasteiger partial charge in [0.2, 0.25) is 6.29 Å². The van der Waals surface area contributed by atoms with Crippen LogP contribution < -0.4 is 0 Å². The van der Waals surface area contributed by atoms with Crippen LogP contribution in [0.25, 0.3) is 0 Å². The molecule has 1 fully saturated rings. The van der Waals surface area contributed by atoms with Gasteiger partial charge in [0.15, 0.2) is 0 Å². The molecule has 0 aromatic heterocycles. The van der Waals surface area contributed by atoms with Crippen LogP contribution in [-0.4, -0.2) is 56.1 Å². The Labute approximate surface area is 183 Å². The summed E-state index contributed by atoms with van der Waals surface area (Å²) in [5.74, 6) is -1.44. The first-order valence-corrected chi connectivity index (χ1v) is 10.8. The molecule has 1 aliphatic rings. The van der Waals surface area contributed by atoms with Crippen LogP contribution in [0.5, 0.6) is 0 Å². The van der Waals surface area contributed by atoms with Crippen LogP contribution in [0.4, 0.5) is 0 Å². The standard InChI is InChI=1S/C22H34O9/c1-4-18(23)27-12-7-5-10-20(25)31-21-15-17(11-14-28-21)30-19(24)9-6-8-13-29-22(26)16(2)3/h17,21H,2,4-15H2,1,3H3/t17-,21?/m0/s1. The van der Waals surface area contributed by atoms with Gasteiger partial charge in [0, 0.05) is 37.7 Å². The van der Waals surface area contributed by atoms with Gasteiger partial charge in [0.1, 0.15) is 6.10 Å². The zero-order valence-electron chi connectivity index (χ0n) is 18.5. The number of unbranched alkanes of at least 4 members (excludes halogenated alkanes) is 2. The summed E-state index contributed by atoms with van der Waals surface area (Å²) < 4.78 is 26.1. The van der Waals surface area contributed by atoms with Gasteiger partial charge in [0.25, 0.3) is 0 Å². The van der Waals surface area contributed by atoms with E-state index < -0.39 is 18.2 Å². The third-order valence-corrected chi connectivity index (χ3v) is 4.44. The van der Waals surface area contributed by atoms with Crippen molar-refractivity contribution in [1.29, 1.82) is 0 Å². The minimum Gasteiger partial charge on any atom is -0.466 e. The molecule has 0 aromatic rings. The highest BCUT2D eigenvalue weighted by Gasteiger charge is 2.28. The van der Waals surface area contributed by atoms with E-state index in [1.807, 2.05) is 0 Å². The van der Waals surface area contributed by atoms with E-state index in [0.29, 0.717) is 57.1 Å². The van der Waals surface area contributed by atoms with Gasteiger partial charge < -0.3 is 23.7 Å². The predicted octanol–water partition coefficient (Wildman–Crippen LogP) is 2.99. The Bertz CT molecular complexity index is 614. The first-order valence-electron chi connectivity index (χ1n) is 10.8. The smallest absolute Gasteiger partial charge is 0.333 e. The molecule has 1 aliphatic heterocycles. The second kappa shape index (κ2) is 15.4. The van der Waals surface area contributed by atoms with Crippen molar-refractivity contribution in [3.63, 3.8) is 0 Å². The number of esters is 4. The van der Waals surface area contributed by atoms with Gasteiger partial charge in [-0.3, -0.25) is 14.4 Å². The molecule has 1 saturated heterocycles. The summed E-state index contributed by atoms with van der Waals surface area (Å²) in [4.78, 5) is 46.2. The van der Waals surface area contributed by atoms with Crippen LogP contribution in [0.3, 0.4) is 0 Å². The van der Waals surface area contributed by atoms with Crippen LogP contribution in [0.2, 0.25) is 0 Å². The maximum atomic E-state index is 12.0. The molecule has 2 atom stereocenters. The number of hydrogen-bond donors (Lipinski definition) is 0. The molecule has 0 aromatic carbocycles. The molecule has 0 spiro atoms. The molecule has 31 heavy (non-hydrogen) atoms. The highest BCUT2D eigenvalue weighted by atomic mass is 16.7. The summed E-state index contributed by atoms with van der Waals surface area (Å²) in [7, 11) is 0. The first kappa shape index (κ1) is 26.6. The van der Waals surface area contributed by atoms with E-state index in [1.165, 1.54) is 0 Å². The lowest BCUT2D eigenvalue weighted by molar-refractivity contribution is -0.202. The van der Waals surface area contributed by atoms with E-state index in [1.54, 1.807) is 13.8 Å². The largest absolute Gasteiger partial charge is 0.466 e. The average Bonchev–Trinajstić information content (AvgIpc) is 2.72. The molecule has 1 heterocycles. The monoisotopic (exact) mass is 442 g/mol. The van der Waals surface area contributed by atoms with Crippen LogP contribution in [0.1, 0.15) is 71.6 Å². The zero-order chi connectivity index (χ0) is 23.1. The maximum absolute atomic E-state index is 12.0. The van der Waals surface area contributed by atoms with Gasteiger partial charge in [-0.1, -0.05) is 13.5 Å². The Morgan fingerprint density at radius 1 is 0.903 bits per heavy atom. The van der Waals surface area contributed by atoms with E-state index in [2.05, 4.69) is 6.58 Å². The predicted molar refractivity (Wildman–Crippen MR) is 110 cm³/mol.